The van der Waals surface area contributed by atoms with Gasteiger partial charge in [0.1, 0.15) is 0 Å². The summed E-state index contributed by atoms with van der Waals surface area (Å²) in [5.41, 5.74) is 0. The second kappa shape index (κ2) is 4.23. The van der Waals surface area contributed by atoms with Crippen molar-refractivity contribution < 1.29 is 0 Å². The van der Waals surface area contributed by atoms with Crippen LogP contribution in [-0.4, -0.2) is 7.22 Å². The summed E-state index contributed by atoms with van der Waals surface area (Å²) >= 11 is 6.18. The van der Waals surface area contributed by atoms with Gasteiger partial charge in [-0.15, -0.1) is 0 Å². The Morgan fingerprint density at radius 1 is 0.812 bits per heavy atom. The summed E-state index contributed by atoms with van der Waals surface area (Å²) in [6.45, 7) is 13.8. The molecule has 0 aliphatic heterocycles. The van der Waals surface area contributed by atoms with Gasteiger partial charge in [-0.3, -0.25) is 0 Å². The smallest absolute Gasteiger partial charge is 0.0386 e. The van der Waals surface area contributed by atoms with Crippen molar-refractivity contribution in [1.82, 2.24) is 0 Å². The van der Waals surface area contributed by atoms with Crippen LogP contribution in [0.15, 0.2) is 30.3 Å². The van der Waals surface area contributed by atoms with E-state index in [0.717, 1.165) is 0 Å². The van der Waals surface area contributed by atoms with Crippen LogP contribution in [0.5, 0.6) is 0 Å². The van der Waals surface area contributed by atoms with Gasteiger partial charge in [0, 0.05) is 0 Å². The second-order valence-electron chi connectivity index (χ2n) is 6.55. The maximum atomic E-state index is 6.18. The van der Waals surface area contributed by atoms with Crippen molar-refractivity contribution in [2.45, 2.75) is 51.6 Å². The van der Waals surface area contributed by atoms with Crippen LogP contribution in [0.4, 0.5) is 0 Å². The zero-order chi connectivity index (χ0) is 12.6. The minimum absolute atomic E-state index is 0.196. The van der Waals surface area contributed by atoms with E-state index in [1.807, 2.05) is 0 Å². The predicted molar refractivity (Wildman–Crippen MR) is 78.6 cm³/mol. The molecule has 16 heavy (non-hydrogen) atoms. The minimum Gasteiger partial charge on any atom is -0.790 e. The first-order chi connectivity index (χ1) is 7.11. The predicted octanol–water partition coefficient (Wildman–Crippen LogP) is 3.99. The van der Waals surface area contributed by atoms with E-state index in [1.54, 1.807) is 0 Å². The molecule has 1 aromatic carbocycles. The fourth-order valence-corrected chi connectivity index (χ4v) is 7.72. The molecule has 0 heterocycles. The third-order valence-electron chi connectivity index (χ3n) is 3.29. The quantitative estimate of drug-likeness (QED) is 0.537. The fraction of sp³-hybridized carbons (Fsp3) is 0.571. The van der Waals surface area contributed by atoms with E-state index >= 15 is 0 Å². The van der Waals surface area contributed by atoms with E-state index in [1.165, 1.54) is 5.19 Å². The molecule has 1 rings (SSSR count). The third-order valence-corrected chi connectivity index (χ3v) is 13.0. The van der Waals surface area contributed by atoms with Crippen LogP contribution in [0, 0.1) is 0 Å². The van der Waals surface area contributed by atoms with Crippen molar-refractivity contribution in [3.05, 3.63) is 30.3 Å². The molecule has 0 fully saturated rings. The topological polar surface area (TPSA) is 0 Å². The van der Waals surface area contributed by atoms with Gasteiger partial charge < -0.3 is 12.1 Å². The normalized spacial score (nSPS) is 13.9. The van der Waals surface area contributed by atoms with Gasteiger partial charge in [0.2, 0.25) is 0 Å². The van der Waals surface area contributed by atoms with Crippen LogP contribution in [0.1, 0.15) is 41.5 Å². The highest BCUT2D eigenvalue weighted by Crippen LogP contribution is 2.49. The van der Waals surface area contributed by atoms with Crippen molar-refractivity contribution in [1.29, 1.82) is 0 Å². The molecule has 0 aliphatic carbocycles. The average molecular weight is 251 g/mol. The maximum absolute atomic E-state index is 6.18. The molecule has 0 radical (unpaired) electrons. The zero-order valence-corrected chi connectivity index (χ0v) is 13.1. The van der Waals surface area contributed by atoms with Crippen molar-refractivity contribution >= 4 is 24.5 Å². The van der Waals surface area contributed by atoms with Gasteiger partial charge in [-0.05, 0) is 7.22 Å². The number of rotatable bonds is 1. The third kappa shape index (κ3) is 2.23. The molecule has 0 saturated carbocycles. The van der Waals surface area contributed by atoms with Gasteiger partial charge in [0.15, 0.2) is 0 Å². The van der Waals surface area contributed by atoms with Crippen LogP contribution in [0.3, 0.4) is 0 Å². The molecule has 0 aromatic heterocycles. The fourth-order valence-electron chi connectivity index (χ4n) is 2.66. The Balaban J connectivity index is 3.39. The van der Waals surface area contributed by atoms with Gasteiger partial charge in [0.05, 0.1) is 0 Å². The maximum Gasteiger partial charge on any atom is -0.0386 e. The average Bonchev–Trinajstić information content (AvgIpc) is 2.14. The van der Waals surface area contributed by atoms with E-state index < -0.39 is 7.22 Å². The van der Waals surface area contributed by atoms with Gasteiger partial charge >= 0.3 is 0 Å². The lowest BCUT2D eigenvalue weighted by Gasteiger charge is -2.59. The summed E-state index contributed by atoms with van der Waals surface area (Å²) in [5, 5.41) is 1.79. The van der Waals surface area contributed by atoms with Gasteiger partial charge in [-0.1, -0.05) is 87.1 Å². The molecular weight excluding hydrogens is 228 g/mol. The Labute approximate surface area is 107 Å². The van der Waals surface area contributed by atoms with E-state index in [4.69, 9.17) is 12.1 Å². The summed E-state index contributed by atoms with van der Waals surface area (Å²) in [7, 11) is -1.95. The standard InChI is InChI=1S/C14H23SSi/c1-13(2,3)16(15,14(4,5)6)12-10-8-7-9-11-12/h7-11H,1-6H3/q-1. The van der Waals surface area contributed by atoms with Crippen LogP contribution >= 0.6 is 0 Å². The lowest BCUT2D eigenvalue weighted by molar-refractivity contribution is 0.646. The lowest BCUT2D eigenvalue weighted by Crippen LogP contribution is -2.59. The summed E-state index contributed by atoms with van der Waals surface area (Å²) in [6.07, 6.45) is 0. The van der Waals surface area contributed by atoms with Crippen molar-refractivity contribution in [2.75, 3.05) is 0 Å². The van der Waals surface area contributed by atoms with E-state index in [2.05, 4.69) is 71.9 Å². The molecule has 0 saturated heterocycles. The molecular formula is C14H23SSi-. The second-order valence-corrected chi connectivity index (χ2v) is 13.3. The summed E-state index contributed by atoms with van der Waals surface area (Å²) in [5.74, 6) is 0. The molecule has 0 bridgehead atoms. The first kappa shape index (κ1) is 13.9. The lowest BCUT2D eigenvalue weighted by atomic mass is 10.2. The van der Waals surface area contributed by atoms with Crippen LogP contribution in [0.25, 0.3) is 0 Å². The molecule has 0 nitrogen and oxygen atoms in total. The molecule has 0 aliphatic rings. The molecule has 90 valence electrons. The Kier molecular flexibility index (Phi) is 3.66. The molecule has 0 amide bonds. The highest BCUT2D eigenvalue weighted by molar-refractivity contribution is 8.01. The Hall–Kier alpha value is -0.213. The van der Waals surface area contributed by atoms with Crippen molar-refractivity contribution in [2.24, 2.45) is 0 Å². The summed E-state index contributed by atoms with van der Waals surface area (Å²) in [6, 6.07) is 10.7. The highest BCUT2D eigenvalue weighted by atomic mass is 32.3. The summed E-state index contributed by atoms with van der Waals surface area (Å²) in [4.78, 5) is 0. The first-order valence-electron chi connectivity index (χ1n) is 5.86. The number of hydrogen-bond donors (Lipinski definition) is 0. The largest absolute Gasteiger partial charge is 0.790 e. The van der Waals surface area contributed by atoms with Gasteiger partial charge in [-0.2, -0.15) is 0 Å². The van der Waals surface area contributed by atoms with E-state index in [0.29, 0.717) is 0 Å². The van der Waals surface area contributed by atoms with E-state index in [9.17, 15) is 0 Å². The van der Waals surface area contributed by atoms with Gasteiger partial charge in [-0.25, -0.2) is 0 Å². The number of hydrogen-bond acceptors (Lipinski definition) is 1. The summed E-state index contributed by atoms with van der Waals surface area (Å²) < 4.78 is 0. The molecule has 0 N–H and O–H groups in total. The van der Waals surface area contributed by atoms with Crippen molar-refractivity contribution in [3.8, 4) is 0 Å². The Bertz CT molecular complexity index is 329. The molecule has 1 aromatic rings. The van der Waals surface area contributed by atoms with Crippen molar-refractivity contribution in [3.63, 3.8) is 0 Å². The monoisotopic (exact) mass is 251 g/mol. The highest BCUT2D eigenvalue weighted by Gasteiger charge is 2.41. The Morgan fingerprint density at radius 3 is 1.50 bits per heavy atom. The first-order valence-corrected chi connectivity index (χ1v) is 9.00. The molecule has 0 atom stereocenters. The van der Waals surface area contributed by atoms with Gasteiger partial charge in [0.25, 0.3) is 0 Å². The molecule has 0 spiro atoms. The van der Waals surface area contributed by atoms with E-state index in [-0.39, 0.29) is 10.1 Å². The Morgan fingerprint density at radius 2 is 1.19 bits per heavy atom. The zero-order valence-electron chi connectivity index (χ0n) is 11.3. The number of benzene rings is 1. The minimum atomic E-state index is -1.95. The van der Waals surface area contributed by atoms with Crippen LogP contribution < -0.4 is 5.19 Å². The van der Waals surface area contributed by atoms with Crippen LogP contribution in [-0.2, 0) is 12.1 Å². The van der Waals surface area contributed by atoms with Crippen LogP contribution in [0.2, 0.25) is 10.1 Å². The molecule has 0 unspecified atom stereocenters. The SMILES string of the molecule is CC(C)(C)[Si]([S-])(c1ccccc1)C(C)(C)C. The molecule has 2 heteroatoms.